The Bertz CT molecular complexity index is 424. The van der Waals surface area contributed by atoms with Gasteiger partial charge in [0.05, 0.1) is 0 Å². The van der Waals surface area contributed by atoms with Crippen molar-refractivity contribution in [2.45, 2.75) is 44.0 Å². The van der Waals surface area contributed by atoms with Crippen LogP contribution in [0.2, 0.25) is 0 Å². The maximum Gasteiger partial charge on any atom is 0.246 e. The first-order valence-electron chi connectivity index (χ1n) is 7.90. The summed E-state index contributed by atoms with van der Waals surface area (Å²) in [5.74, 6) is 4.03. The molecule has 4 nitrogen and oxygen atoms in total. The number of carbonyl (C=O) groups is 2. The minimum absolute atomic E-state index is 0.172. The number of carbonyl (C=O) groups excluding carboxylic acids is 2. The van der Waals surface area contributed by atoms with Crippen LogP contribution in [0.5, 0.6) is 0 Å². The third-order valence-electron chi connectivity index (χ3n) is 4.61. The number of amides is 2. The maximum absolute atomic E-state index is 12.9. The van der Waals surface area contributed by atoms with Crippen LogP contribution in [0.1, 0.15) is 26.7 Å². The van der Waals surface area contributed by atoms with Crippen molar-refractivity contribution in [1.29, 1.82) is 0 Å². The van der Waals surface area contributed by atoms with Gasteiger partial charge in [0.2, 0.25) is 11.8 Å². The average molecular weight is 329 g/mol. The average Bonchev–Trinajstić information content (AvgIpc) is 2.95. The molecule has 6 heteroatoms. The topological polar surface area (TPSA) is 40.6 Å². The van der Waals surface area contributed by atoms with Crippen LogP contribution in [0.25, 0.3) is 0 Å². The van der Waals surface area contributed by atoms with Crippen LogP contribution < -0.4 is 0 Å². The van der Waals surface area contributed by atoms with Crippen LogP contribution in [-0.2, 0) is 9.59 Å². The smallest absolute Gasteiger partial charge is 0.246 e. The SMILES string of the molecule is CC(C)C1C(=O)N2CCCC2C(=O)N1CC1CSCCS1. The number of nitrogens with zero attached hydrogens (tertiary/aromatic N) is 2. The van der Waals surface area contributed by atoms with E-state index in [1.807, 2.05) is 33.3 Å². The molecule has 0 spiro atoms. The van der Waals surface area contributed by atoms with Crippen LogP contribution in [-0.4, -0.2) is 69.3 Å². The summed E-state index contributed by atoms with van der Waals surface area (Å²) in [5, 5.41) is 0.481. The second-order valence-electron chi connectivity index (χ2n) is 6.44. The van der Waals surface area contributed by atoms with E-state index in [2.05, 4.69) is 13.8 Å². The number of hydrogen-bond acceptors (Lipinski definition) is 4. The van der Waals surface area contributed by atoms with Gasteiger partial charge in [-0.1, -0.05) is 13.8 Å². The zero-order chi connectivity index (χ0) is 15.0. The van der Waals surface area contributed by atoms with Gasteiger partial charge in [0.1, 0.15) is 12.1 Å². The van der Waals surface area contributed by atoms with Gasteiger partial charge in [-0.15, -0.1) is 0 Å². The number of thioether (sulfide) groups is 2. The Balaban J connectivity index is 1.80. The van der Waals surface area contributed by atoms with Crippen molar-refractivity contribution in [3.8, 4) is 0 Å². The van der Waals surface area contributed by atoms with E-state index in [0.29, 0.717) is 5.25 Å². The van der Waals surface area contributed by atoms with Gasteiger partial charge in [-0.05, 0) is 18.8 Å². The van der Waals surface area contributed by atoms with E-state index in [-0.39, 0.29) is 29.8 Å². The number of hydrogen-bond donors (Lipinski definition) is 0. The summed E-state index contributed by atoms with van der Waals surface area (Å²) < 4.78 is 0. The highest BCUT2D eigenvalue weighted by Crippen LogP contribution is 2.32. The summed E-state index contributed by atoms with van der Waals surface area (Å²) in [6.07, 6.45) is 1.81. The van der Waals surface area contributed by atoms with E-state index in [9.17, 15) is 9.59 Å². The normalized spacial score (nSPS) is 33.8. The third-order valence-corrected chi connectivity index (χ3v) is 7.44. The molecule has 0 aromatic carbocycles. The molecule has 21 heavy (non-hydrogen) atoms. The predicted octanol–water partition coefficient (Wildman–Crippen LogP) is 1.69. The lowest BCUT2D eigenvalue weighted by atomic mass is 9.95. The number of piperazine rings is 1. The molecule has 3 saturated heterocycles. The minimum Gasteiger partial charge on any atom is -0.329 e. The zero-order valence-corrected chi connectivity index (χ0v) is 14.4. The Hall–Kier alpha value is -0.360. The monoisotopic (exact) mass is 328 g/mol. The van der Waals surface area contributed by atoms with Crippen LogP contribution in [0, 0.1) is 5.92 Å². The van der Waals surface area contributed by atoms with Crippen molar-refractivity contribution in [3.63, 3.8) is 0 Å². The van der Waals surface area contributed by atoms with E-state index in [0.717, 1.165) is 37.4 Å². The minimum atomic E-state index is -0.251. The highest BCUT2D eigenvalue weighted by atomic mass is 32.2. The van der Waals surface area contributed by atoms with Crippen molar-refractivity contribution in [2.24, 2.45) is 5.92 Å². The molecule has 0 aromatic rings. The van der Waals surface area contributed by atoms with Crippen molar-refractivity contribution in [2.75, 3.05) is 30.3 Å². The molecule has 0 N–H and O–H groups in total. The lowest BCUT2D eigenvalue weighted by Crippen LogP contribution is -2.65. The van der Waals surface area contributed by atoms with Crippen LogP contribution in [0.4, 0.5) is 0 Å². The summed E-state index contributed by atoms with van der Waals surface area (Å²) in [6.45, 7) is 5.62. The van der Waals surface area contributed by atoms with Crippen molar-refractivity contribution in [1.82, 2.24) is 9.80 Å². The van der Waals surface area contributed by atoms with E-state index in [4.69, 9.17) is 0 Å². The van der Waals surface area contributed by atoms with Crippen LogP contribution in [0.15, 0.2) is 0 Å². The van der Waals surface area contributed by atoms with Gasteiger partial charge in [-0.25, -0.2) is 0 Å². The standard InChI is InChI=1S/C15H24N2O2S2/c1-10(2)13-15(19)16-5-3-4-12(16)14(18)17(13)8-11-9-20-6-7-21-11/h10-13H,3-9H2,1-2H3. The molecule has 0 aromatic heterocycles. The number of rotatable bonds is 3. The molecule has 0 radical (unpaired) electrons. The second-order valence-corrected chi connectivity index (χ2v) is 8.99. The maximum atomic E-state index is 12.9. The molecular formula is C15H24N2O2S2. The fourth-order valence-corrected chi connectivity index (χ4v) is 6.29. The lowest BCUT2D eigenvalue weighted by molar-refractivity contribution is -0.161. The first-order valence-corrected chi connectivity index (χ1v) is 10.1. The molecule has 2 amide bonds. The Kier molecular flexibility index (Phi) is 4.74. The molecule has 118 valence electrons. The summed E-state index contributed by atoms with van der Waals surface area (Å²) in [4.78, 5) is 29.4. The van der Waals surface area contributed by atoms with Gasteiger partial charge in [0.15, 0.2) is 0 Å². The van der Waals surface area contributed by atoms with Crippen molar-refractivity contribution < 1.29 is 9.59 Å². The molecule has 3 heterocycles. The fourth-order valence-electron chi connectivity index (χ4n) is 3.63. The largest absolute Gasteiger partial charge is 0.329 e. The Morgan fingerprint density at radius 1 is 1.24 bits per heavy atom. The number of fused-ring (bicyclic) bond motifs is 1. The second kappa shape index (κ2) is 6.41. The Morgan fingerprint density at radius 3 is 2.71 bits per heavy atom. The van der Waals surface area contributed by atoms with Gasteiger partial charge in [0, 0.05) is 35.6 Å². The van der Waals surface area contributed by atoms with Gasteiger partial charge in [-0.3, -0.25) is 9.59 Å². The summed E-state index contributed by atoms with van der Waals surface area (Å²) in [6, 6.07) is -0.423. The van der Waals surface area contributed by atoms with Crippen molar-refractivity contribution in [3.05, 3.63) is 0 Å². The summed E-state index contributed by atoms with van der Waals surface area (Å²) >= 11 is 3.93. The van der Waals surface area contributed by atoms with E-state index >= 15 is 0 Å². The highest BCUT2D eigenvalue weighted by molar-refractivity contribution is 8.06. The quantitative estimate of drug-likeness (QED) is 0.790. The third kappa shape index (κ3) is 2.93. The molecule has 0 bridgehead atoms. The van der Waals surface area contributed by atoms with E-state index in [1.165, 1.54) is 5.75 Å². The Labute approximate surface area is 135 Å². The molecule has 3 unspecified atom stereocenters. The van der Waals surface area contributed by atoms with Crippen LogP contribution >= 0.6 is 23.5 Å². The van der Waals surface area contributed by atoms with Gasteiger partial charge >= 0.3 is 0 Å². The lowest BCUT2D eigenvalue weighted by Gasteiger charge is -2.45. The summed E-state index contributed by atoms with van der Waals surface area (Å²) in [7, 11) is 0. The van der Waals surface area contributed by atoms with Gasteiger partial charge in [-0.2, -0.15) is 23.5 Å². The van der Waals surface area contributed by atoms with E-state index < -0.39 is 0 Å². The van der Waals surface area contributed by atoms with Gasteiger partial charge < -0.3 is 9.80 Å². The van der Waals surface area contributed by atoms with Crippen LogP contribution in [0.3, 0.4) is 0 Å². The van der Waals surface area contributed by atoms with Gasteiger partial charge in [0.25, 0.3) is 0 Å². The highest BCUT2D eigenvalue weighted by Gasteiger charge is 2.49. The molecular weight excluding hydrogens is 304 g/mol. The Morgan fingerprint density at radius 2 is 2.05 bits per heavy atom. The molecule has 0 aliphatic carbocycles. The molecule has 3 fully saturated rings. The molecule has 0 saturated carbocycles. The van der Waals surface area contributed by atoms with Crippen molar-refractivity contribution >= 4 is 35.3 Å². The molecule has 3 aliphatic heterocycles. The summed E-state index contributed by atoms with van der Waals surface area (Å²) in [5.41, 5.74) is 0. The first kappa shape index (κ1) is 15.5. The molecule has 3 rings (SSSR count). The predicted molar refractivity (Wildman–Crippen MR) is 88.6 cm³/mol. The molecule has 3 atom stereocenters. The molecule has 3 aliphatic rings. The van der Waals surface area contributed by atoms with E-state index in [1.54, 1.807) is 0 Å². The fraction of sp³-hybridized carbons (Fsp3) is 0.867. The first-order chi connectivity index (χ1) is 10.1. The zero-order valence-electron chi connectivity index (χ0n) is 12.8.